The van der Waals surface area contributed by atoms with Gasteiger partial charge in [-0.3, -0.25) is 23.9 Å². The first-order chi connectivity index (χ1) is 12.4. The van der Waals surface area contributed by atoms with Crippen LogP contribution >= 0.6 is 0 Å². The van der Waals surface area contributed by atoms with E-state index in [0.29, 0.717) is 5.06 Å². The zero-order valence-electron chi connectivity index (χ0n) is 13.1. The molecule has 26 heavy (non-hydrogen) atoms. The summed E-state index contributed by atoms with van der Waals surface area (Å²) in [6.45, 7) is -0.216. The number of H-pyrrole nitrogens is 1. The first kappa shape index (κ1) is 16.8. The number of carbonyl (C=O) groups is 3. The second kappa shape index (κ2) is 6.48. The van der Waals surface area contributed by atoms with Gasteiger partial charge in [0.2, 0.25) is 0 Å². The second-order valence-corrected chi connectivity index (χ2v) is 5.27. The van der Waals surface area contributed by atoms with Crippen LogP contribution < -0.4 is 11.2 Å². The van der Waals surface area contributed by atoms with Crippen molar-refractivity contribution in [2.45, 2.75) is 13.0 Å². The SMILES string of the molecule is N#Cc1cn(CCC(=O)ON2C(=O)c3ccccc3C2=O)c(=O)[nH]c1=O. The standard InChI is InChI=1S/C16H10N4O6/c17-7-9-8-19(16(25)18-13(9)22)6-5-12(21)26-20-14(23)10-3-1-2-4-11(10)15(20)24/h1-4,8H,5-6H2,(H,18,22,25). The van der Waals surface area contributed by atoms with Crippen molar-refractivity contribution in [1.82, 2.24) is 14.6 Å². The number of nitrogens with one attached hydrogen (secondary N) is 1. The van der Waals surface area contributed by atoms with Gasteiger partial charge in [-0.25, -0.2) is 9.59 Å². The van der Waals surface area contributed by atoms with Gasteiger partial charge in [0.25, 0.3) is 17.4 Å². The van der Waals surface area contributed by atoms with Crippen LogP contribution in [0.25, 0.3) is 0 Å². The van der Waals surface area contributed by atoms with E-state index in [9.17, 15) is 24.0 Å². The highest BCUT2D eigenvalue weighted by molar-refractivity contribution is 6.20. The molecule has 1 aromatic heterocycles. The van der Waals surface area contributed by atoms with Crippen molar-refractivity contribution in [2.24, 2.45) is 0 Å². The van der Waals surface area contributed by atoms with Gasteiger partial charge < -0.3 is 4.84 Å². The molecule has 0 radical (unpaired) electrons. The summed E-state index contributed by atoms with van der Waals surface area (Å²) in [6.07, 6.45) is 0.640. The Bertz CT molecular complexity index is 1060. The number of aryl methyl sites for hydroxylation is 1. The number of aromatic nitrogens is 2. The Morgan fingerprint density at radius 2 is 1.73 bits per heavy atom. The third kappa shape index (κ3) is 2.89. The molecule has 0 saturated carbocycles. The molecule has 0 aliphatic carbocycles. The fourth-order valence-corrected chi connectivity index (χ4v) is 2.36. The van der Waals surface area contributed by atoms with E-state index in [2.05, 4.69) is 0 Å². The Morgan fingerprint density at radius 3 is 2.31 bits per heavy atom. The quantitative estimate of drug-likeness (QED) is 0.733. The molecular weight excluding hydrogens is 344 g/mol. The van der Waals surface area contributed by atoms with E-state index in [4.69, 9.17) is 10.1 Å². The van der Waals surface area contributed by atoms with Gasteiger partial charge in [0, 0.05) is 12.7 Å². The monoisotopic (exact) mass is 354 g/mol. The normalized spacial score (nSPS) is 12.7. The molecule has 2 heterocycles. The number of hydroxylamine groups is 2. The van der Waals surface area contributed by atoms with Gasteiger partial charge in [0.1, 0.15) is 11.6 Å². The molecule has 3 rings (SSSR count). The fraction of sp³-hybridized carbons (Fsp3) is 0.125. The minimum Gasteiger partial charge on any atom is -0.330 e. The zero-order valence-corrected chi connectivity index (χ0v) is 13.1. The third-order valence-corrected chi connectivity index (χ3v) is 3.64. The van der Waals surface area contributed by atoms with Gasteiger partial charge in [-0.05, 0) is 12.1 Å². The van der Waals surface area contributed by atoms with Crippen LogP contribution in [0.3, 0.4) is 0 Å². The van der Waals surface area contributed by atoms with E-state index in [0.717, 1.165) is 10.8 Å². The molecule has 1 aliphatic rings. The molecular formula is C16H10N4O6. The van der Waals surface area contributed by atoms with Crippen molar-refractivity contribution in [2.75, 3.05) is 0 Å². The number of hydrogen-bond donors (Lipinski definition) is 1. The van der Waals surface area contributed by atoms with Crippen LogP contribution in [0.1, 0.15) is 32.7 Å². The van der Waals surface area contributed by atoms with Crippen molar-refractivity contribution < 1.29 is 19.2 Å². The number of rotatable bonds is 4. The van der Waals surface area contributed by atoms with Crippen molar-refractivity contribution >= 4 is 17.8 Å². The molecule has 2 amide bonds. The molecule has 1 aromatic carbocycles. The summed E-state index contributed by atoms with van der Waals surface area (Å²) in [5.41, 5.74) is -1.68. The number of carbonyl (C=O) groups excluding carboxylic acids is 3. The average Bonchev–Trinajstić information content (AvgIpc) is 2.86. The minimum atomic E-state index is -0.934. The van der Waals surface area contributed by atoms with E-state index in [1.165, 1.54) is 12.1 Å². The second-order valence-electron chi connectivity index (χ2n) is 5.27. The van der Waals surface area contributed by atoms with Crippen LogP contribution in [0.4, 0.5) is 0 Å². The number of amides is 2. The highest BCUT2D eigenvalue weighted by Gasteiger charge is 2.38. The lowest BCUT2D eigenvalue weighted by Gasteiger charge is -2.13. The molecule has 0 unspecified atom stereocenters. The van der Waals surface area contributed by atoms with E-state index in [-0.39, 0.29) is 29.7 Å². The highest BCUT2D eigenvalue weighted by atomic mass is 16.7. The van der Waals surface area contributed by atoms with Gasteiger partial charge in [-0.1, -0.05) is 17.2 Å². The number of benzene rings is 1. The van der Waals surface area contributed by atoms with Gasteiger partial charge in [0.15, 0.2) is 0 Å². The van der Waals surface area contributed by atoms with E-state index in [1.807, 2.05) is 4.98 Å². The van der Waals surface area contributed by atoms with Crippen molar-refractivity contribution in [1.29, 1.82) is 5.26 Å². The van der Waals surface area contributed by atoms with Gasteiger partial charge in [-0.2, -0.15) is 5.26 Å². The van der Waals surface area contributed by atoms with Gasteiger partial charge >= 0.3 is 11.7 Å². The molecule has 0 fully saturated rings. The number of aromatic amines is 1. The molecule has 1 aliphatic heterocycles. The number of nitriles is 1. The van der Waals surface area contributed by atoms with Crippen LogP contribution in [0.5, 0.6) is 0 Å². The van der Waals surface area contributed by atoms with Gasteiger partial charge in [0.05, 0.1) is 17.5 Å². The molecule has 10 heteroatoms. The van der Waals surface area contributed by atoms with Crippen molar-refractivity contribution in [3.8, 4) is 6.07 Å². The number of fused-ring (bicyclic) bond motifs is 1. The Hall–Kier alpha value is -4.00. The van der Waals surface area contributed by atoms with E-state index < -0.39 is 29.0 Å². The molecule has 130 valence electrons. The van der Waals surface area contributed by atoms with Crippen LogP contribution in [0.2, 0.25) is 0 Å². The van der Waals surface area contributed by atoms with Crippen LogP contribution in [-0.4, -0.2) is 32.4 Å². The number of hydrogen-bond acceptors (Lipinski definition) is 7. The van der Waals surface area contributed by atoms with Gasteiger partial charge in [-0.15, -0.1) is 0 Å². The predicted octanol–water partition coefficient (Wildman–Crippen LogP) is -0.447. The topological polar surface area (TPSA) is 142 Å². The smallest absolute Gasteiger partial charge is 0.330 e. The summed E-state index contributed by atoms with van der Waals surface area (Å²) in [5, 5.41) is 9.15. The first-order valence-electron chi connectivity index (χ1n) is 7.35. The summed E-state index contributed by atoms with van der Waals surface area (Å²) in [4.78, 5) is 65.8. The highest BCUT2D eigenvalue weighted by Crippen LogP contribution is 2.22. The lowest BCUT2D eigenvalue weighted by atomic mass is 10.1. The minimum absolute atomic E-state index is 0.126. The Labute approximate surface area is 144 Å². The molecule has 0 atom stereocenters. The van der Waals surface area contributed by atoms with Crippen LogP contribution in [-0.2, 0) is 16.2 Å². The lowest BCUT2D eigenvalue weighted by Crippen LogP contribution is -2.34. The summed E-state index contributed by atoms with van der Waals surface area (Å²) in [6, 6.07) is 7.64. The molecule has 0 saturated heterocycles. The summed E-state index contributed by atoms with van der Waals surface area (Å²) < 4.78 is 0.948. The maximum atomic E-state index is 12.1. The molecule has 10 nitrogen and oxygen atoms in total. The van der Waals surface area contributed by atoms with Crippen molar-refractivity contribution in [3.63, 3.8) is 0 Å². The molecule has 1 N–H and O–H groups in total. The average molecular weight is 354 g/mol. The fourth-order valence-electron chi connectivity index (χ4n) is 2.36. The molecule has 0 bridgehead atoms. The van der Waals surface area contributed by atoms with Crippen LogP contribution in [0, 0.1) is 11.3 Å². The molecule has 0 spiro atoms. The summed E-state index contributed by atoms with van der Waals surface area (Å²) in [7, 11) is 0. The van der Waals surface area contributed by atoms with Crippen LogP contribution in [0.15, 0.2) is 40.1 Å². The number of nitrogens with zero attached hydrogens (tertiary/aromatic N) is 3. The Kier molecular flexibility index (Phi) is 4.20. The third-order valence-electron chi connectivity index (χ3n) is 3.64. The Morgan fingerprint density at radius 1 is 1.12 bits per heavy atom. The predicted molar refractivity (Wildman–Crippen MR) is 83.7 cm³/mol. The van der Waals surface area contributed by atoms with E-state index >= 15 is 0 Å². The first-order valence-corrected chi connectivity index (χ1v) is 7.35. The Balaban J connectivity index is 1.69. The van der Waals surface area contributed by atoms with E-state index in [1.54, 1.807) is 18.2 Å². The largest absolute Gasteiger partial charge is 0.335 e. The maximum Gasteiger partial charge on any atom is 0.335 e. The molecule has 2 aromatic rings. The summed E-state index contributed by atoms with van der Waals surface area (Å²) in [5.74, 6) is -2.45. The van der Waals surface area contributed by atoms with Crippen molar-refractivity contribution in [3.05, 3.63) is 68.0 Å². The summed E-state index contributed by atoms with van der Waals surface area (Å²) >= 11 is 0. The number of imide groups is 1. The maximum absolute atomic E-state index is 12.1. The lowest BCUT2D eigenvalue weighted by molar-refractivity contribution is -0.168. The zero-order chi connectivity index (χ0) is 18.8.